The molecule has 5 heteroatoms. The summed E-state index contributed by atoms with van der Waals surface area (Å²) in [5.74, 6) is 1.61. The molecule has 3 atom stereocenters. The van der Waals surface area contributed by atoms with Gasteiger partial charge in [0.2, 0.25) is 0 Å². The van der Waals surface area contributed by atoms with E-state index in [0.29, 0.717) is 18.1 Å². The first-order chi connectivity index (χ1) is 9.54. The number of likely N-dealkylation sites (tertiary alicyclic amines) is 1. The van der Waals surface area contributed by atoms with Crippen molar-refractivity contribution in [2.45, 2.75) is 51.4 Å². The van der Waals surface area contributed by atoms with Crippen molar-refractivity contribution >= 4 is 5.96 Å². The molecule has 2 heterocycles. The second kappa shape index (κ2) is 5.19. The Labute approximate surface area is 121 Å². The van der Waals surface area contributed by atoms with Gasteiger partial charge in [0.15, 0.2) is 5.96 Å². The molecule has 0 amide bonds. The van der Waals surface area contributed by atoms with Gasteiger partial charge in [-0.15, -0.1) is 0 Å². The van der Waals surface area contributed by atoms with E-state index in [-0.39, 0.29) is 11.5 Å². The number of piperidine rings is 1. The normalized spacial score (nSPS) is 37.5. The highest BCUT2D eigenvalue weighted by atomic mass is 16.5. The Kier molecular flexibility index (Phi) is 3.67. The summed E-state index contributed by atoms with van der Waals surface area (Å²) in [7, 11) is 1.85. The smallest absolute Gasteiger partial charge is 0.193 e. The van der Waals surface area contributed by atoms with E-state index in [9.17, 15) is 5.11 Å². The summed E-state index contributed by atoms with van der Waals surface area (Å²) in [6, 6.07) is 0.445. The summed E-state index contributed by atoms with van der Waals surface area (Å²) in [5.41, 5.74) is 0.173. The molecule has 3 aliphatic rings. The fraction of sp³-hybridized carbons (Fsp3) is 0.933. The van der Waals surface area contributed by atoms with Crippen molar-refractivity contribution in [3.63, 3.8) is 0 Å². The van der Waals surface area contributed by atoms with E-state index in [4.69, 9.17) is 4.74 Å². The molecule has 20 heavy (non-hydrogen) atoms. The first-order valence-corrected chi connectivity index (χ1v) is 7.82. The first kappa shape index (κ1) is 14.1. The average molecular weight is 281 g/mol. The van der Waals surface area contributed by atoms with Gasteiger partial charge in [-0.2, -0.15) is 0 Å². The van der Waals surface area contributed by atoms with Crippen molar-refractivity contribution in [3.05, 3.63) is 0 Å². The molecule has 2 saturated heterocycles. The highest BCUT2D eigenvalue weighted by Crippen LogP contribution is 2.52. The summed E-state index contributed by atoms with van der Waals surface area (Å²) in [6.45, 7) is 7.23. The fourth-order valence-electron chi connectivity index (χ4n) is 4.13. The first-order valence-electron chi connectivity index (χ1n) is 7.82. The van der Waals surface area contributed by atoms with E-state index in [1.165, 1.54) is 0 Å². The van der Waals surface area contributed by atoms with Crippen LogP contribution in [0.4, 0.5) is 0 Å². The van der Waals surface area contributed by atoms with E-state index in [1.54, 1.807) is 0 Å². The Morgan fingerprint density at radius 2 is 2.00 bits per heavy atom. The van der Waals surface area contributed by atoms with E-state index in [2.05, 4.69) is 29.1 Å². The Balaban J connectivity index is 1.64. The molecule has 0 spiro atoms. The number of nitrogens with one attached hydrogen (secondary N) is 1. The van der Waals surface area contributed by atoms with Gasteiger partial charge in [0.25, 0.3) is 0 Å². The van der Waals surface area contributed by atoms with Crippen molar-refractivity contribution < 1.29 is 9.84 Å². The summed E-state index contributed by atoms with van der Waals surface area (Å²) < 4.78 is 5.85. The lowest BCUT2D eigenvalue weighted by Gasteiger charge is -2.55. The quantitative estimate of drug-likeness (QED) is 0.552. The minimum absolute atomic E-state index is 0.142. The van der Waals surface area contributed by atoms with Crippen molar-refractivity contribution in [2.24, 2.45) is 16.3 Å². The maximum atomic E-state index is 9.62. The molecule has 1 saturated carbocycles. The minimum atomic E-state index is -0.142. The Hall–Kier alpha value is -0.810. The maximum Gasteiger partial charge on any atom is 0.193 e. The molecule has 0 aromatic carbocycles. The number of hydrogen-bond donors (Lipinski definition) is 2. The third-order valence-electron chi connectivity index (χ3n) is 5.36. The topological polar surface area (TPSA) is 57.1 Å². The van der Waals surface area contributed by atoms with E-state index >= 15 is 0 Å². The number of hydrogen-bond acceptors (Lipinski definition) is 3. The zero-order valence-electron chi connectivity index (χ0n) is 12.8. The Morgan fingerprint density at radius 3 is 2.65 bits per heavy atom. The SMILES string of the molecule is CN=C(NC1C2CCOC2C1(C)C)N1CCC(O)CC1. The van der Waals surface area contributed by atoms with Gasteiger partial charge in [0, 0.05) is 44.1 Å². The van der Waals surface area contributed by atoms with E-state index < -0.39 is 0 Å². The number of ether oxygens (including phenoxy) is 1. The second-order valence-electron chi connectivity index (χ2n) is 6.95. The van der Waals surface area contributed by atoms with Crippen LogP contribution in [0.1, 0.15) is 33.1 Å². The van der Waals surface area contributed by atoms with Gasteiger partial charge in [-0.25, -0.2) is 0 Å². The van der Waals surface area contributed by atoms with Gasteiger partial charge in [-0.05, 0) is 19.3 Å². The molecular weight excluding hydrogens is 254 g/mol. The number of aliphatic hydroxyl groups is 1. The largest absolute Gasteiger partial charge is 0.393 e. The number of rotatable bonds is 1. The summed E-state index contributed by atoms with van der Waals surface area (Å²) in [6.07, 6.45) is 3.09. The summed E-state index contributed by atoms with van der Waals surface area (Å²) in [5, 5.41) is 13.3. The van der Waals surface area contributed by atoms with Gasteiger partial charge in [-0.1, -0.05) is 13.8 Å². The summed E-state index contributed by atoms with van der Waals surface area (Å²) in [4.78, 5) is 6.72. The van der Waals surface area contributed by atoms with Crippen LogP contribution in [0.15, 0.2) is 4.99 Å². The van der Waals surface area contributed by atoms with Crippen LogP contribution < -0.4 is 5.32 Å². The highest BCUT2D eigenvalue weighted by molar-refractivity contribution is 5.80. The lowest BCUT2D eigenvalue weighted by atomic mass is 9.57. The molecule has 1 aliphatic carbocycles. The predicted molar refractivity (Wildman–Crippen MR) is 78.7 cm³/mol. The van der Waals surface area contributed by atoms with Crippen molar-refractivity contribution in [1.82, 2.24) is 10.2 Å². The predicted octanol–water partition coefficient (Wildman–Crippen LogP) is 0.832. The standard InChI is InChI=1S/C15H27N3O2/c1-15(2)12(11-6-9-20-13(11)15)17-14(16-3)18-7-4-10(19)5-8-18/h10-13,19H,4-9H2,1-3H3,(H,16,17). The molecule has 5 nitrogen and oxygen atoms in total. The van der Waals surface area contributed by atoms with Crippen molar-refractivity contribution in [1.29, 1.82) is 0 Å². The van der Waals surface area contributed by atoms with Gasteiger partial charge < -0.3 is 20.1 Å². The molecule has 0 aromatic rings. The van der Waals surface area contributed by atoms with Gasteiger partial charge >= 0.3 is 0 Å². The lowest BCUT2D eigenvalue weighted by Crippen LogP contribution is -2.68. The molecule has 3 unspecified atom stereocenters. The van der Waals surface area contributed by atoms with Crippen LogP contribution >= 0.6 is 0 Å². The maximum absolute atomic E-state index is 9.62. The molecule has 2 aliphatic heterocycles. The van der Waals surface area contributed by atoms with Crippen LogP contribution in [0.3, 0.4) is 0 Å². The molecule has 114 valence electrons. The van der Waals surface area contributed by atoms with Gasteiger partial charge in [-0.3, -0.25) is 4.99 Å². The molecule has 0 aromatic heterocycles. The molecule has 3 rings (SSSR count). The van der Waals surface area contributed by atoms with Crippen LogP contribution in [0.25, 0.3) is 0 Å². The van der Waals surface area contributed by atoms with Crippen LogP contribution in [-0.4, -0.2) is 61.0 Å². The fourth-order valence-corrected chi connectivity index (χ4v) is 4.13. The average Bonchev–Trinajstić information content (AvgIpc) is 2.88. The lowest BCUT2D eigenvalue weighted by molar-refractivity contribution is -0.107. The molecule has 2 N–H and O–H groups in total. The Morgan fingerprint density at radius 1 is 1.30 bits per heavy atom. The Bertz CT molecular complexity index is 389. The summed E-state index contributed by atoms with van der Waals surface area (Å²) >= 11 is 0. The molecular formula is C15H27N3O2. The number of nitrogens with zero attached hydrogens (tertiary/aromatic N) is 2. The van der Waals surface area contributed by atoms with Gasteiger partial charge in [0.1, 0.15) is 0 Å². The second-order valence-corrected chi connectivity index (χ2v) is 6.95. The molecule has 0 radical (unpaired) electrons. The number of guanidine groups is 1. The number of fused-ring (bicyclic) bond motifs is 1. The zero-order valence-corrected chi connectivity index (χ0v) is 12.8. The molecule has 3 fully saturated rings. The van der Waals surface area contributed by atoms with Crippen LogP contribution in [-0.2, 0) is 4.74 Å². The third kappa shape index (κ3) is 2.21. The van der Waals surface area contributed by atoms with E-state index in [1.807, 2.05) is 7.05 Å². The highest BCUT2D eigenvalue weighted by Gasteiger charge is 2.59. The number of aliphatic imine (C=N–C) groups is 1. The monoisotopic (exact) mass is 281 g/mol. The molecule has 0 bridgehead atoms. The van der Waals surface area contributed by atoms with Crippen molar-refractivity contribution in [2.75, 3.05) is 26.7 Å². The number of aliphatic hydroxyl groups excluding tert-OH is 1. The van der Waals surface area contributed by atoms with Gasteiger partial charge in [0.05, 0.1) is 12.2 Å². The van der Waals surface area contributed by atoms with Crippen LogP contribution in [0.5, 0.6) is 0 Å². The minimum Gasteiger partial charge on any atom is -0.393 e. The van der Waals surface area contributed by atoms with E-state index in [0.717, 1.165) is 44.9 Å². The van der Waals surface area contributed by atoms with Crippen LogP contribution in [0, 0.1) is 11.3 Å². The van der Waals surface area contributed by atoms with Crippen molar-refractivity contribution in [3.8, 4) is 0 Å². The third-order valence-corrected chi connectivity index (χ3v) is 5.36. The zero-order chi connectivity index (χ0) is 14.3. The van der Waals surface area contributed by atoms with Crippen LogP contribution in [0.2, 0.25) is 0 Å².